The maximum Gasteiger partial charge on any atom is 0.416 e. The van der Waals surface area contributed by atoms with Crippen LogP contribution >= 0.6 is 23.2 Å². The number of carbonyl (C=O) groups is 1. The van der Waals surface area contributed by atoms with Gasteiger partial charge < -0.3 is 19.4 Å². The number of urea groups is 1. The standard InChI is InChI=1S/C28H35Cl2F3N4O2/c1-19(39-22-7-5-21(6-8-22)28(31,32)33)23-17-37(18-24(23)20-4-9-25(29)26(30)16-20)27(38)36-14-12-35(13-15-36)11-10-34(2)3/h4-9,16,19,23-24H,10-15,17-18H2,1-3H3. The minimum atomic E-state index is -4.41. The molecule has 2 heterocycles. The van der Waals surface area contributed by atoms with Crippen LogP contribution in [0.2, 0.25) is 10.0 Å². The Bertz CT molecular complexity index is 1120. The van der Waals surface area contributed by atoms with Crippen LogP contribution in [0.1, 0.15) is 24.0 Å². The fraction of sp³-hybridized carbons (Fsp3) is 0.536. The Balaban J connectivity index is 1.47. The minimum Gasteiger partial charge on any atom is -0.490 e. The third kappa shape index (κ3) is 7.51. The van der Waals surface area contributed by atoms with Gasteiger partial charge in [-0.3, -0.25) is 4.90 Å². The normalized spacial score (nSPS) is 21.5. The molecule has 0 radical (unpaired) electrons. The van der Waals surface area contributed by atoms with E-state index in [9.17, 15) is 18.0 Å². The van der Waals surface area contributed by atoms with Crippen molar-refractivity contribution in [1.29, 1.82) is 0 Å². The number of hydrogen-bond acceptors (Lipinski definition) is 4. The van der Waals surface area contributed by atoms with E-state index in [4.69, 9.17) is 27.9 Å². The predicted octanol–water partition coefficient (Wildman–Crippen LogP) is 5.79. The fourth-order valence-electron chi connectivity index (χ4n) is 5.29. The molecule has 6 nitrogen and oxygen atoms in total. The quantitative estimate of drug-likeness (QED) is 0.411. The van der Waals surface area contributed by atoms with E-state index in [-0.39, 0.29) is 24.0 Å². The molecule has 2 aliphatic heterocycles. The number of alkyl halides is 3. The number of ether oxygens (including phenoxy) is 1. The monoisotopic (exact) mass is 586 g/mol. The number of piperazine rings is 1. The van der Waals surface area contributed by atoms with Crippen LogP contribution in [0.15, 0.2) is 42.5 Å². The summed E-state index contributed by atoms with van der Waals surface area (Å²) in [5.74, 6) is 0.173. The second kappa shape index (κ2) is 12.5. The zero-order valence-electron chi connectivity index (χ0n) is 22.4. The number of likely N-dealkylation sites (tertiary alicyclic amines) is 1. The summed E-state index contributed by atoms with van der Waals surface area (Å²) in [7, 11) is 4.10. The lowest BCUT2D eigenvalue weighted by Gasteiger charge is -2.37. The van der Waals surface area contributed by atoms with E-state index in [0.717, 1.165) is 43.9 Å². The summed E-state index contributed by atoms with van der Waals surface area (Å²) < 4.78 is 45.1. The number of amides is 2. The lowest BCUT2D eigenvalue weighted by Crippen LogP contribution is -2.53. The molecule has 214 valence electrons. The Morgan fingerprint density at radius 2 is 1.67 bits per heavy atom. The molecule has 0 bridgehead atoms. The molecule has 2 saturated heterocycles. The Hall–Kier alpha value is -2.20. The van der Waals surface area contributed by atoms with E-state index in [2.05, 4.69) is 23.9 Å². The molecule has 0 aliphatic carbocycles. The molecular formula is C28H35Cl2F3N4O2. The van der Waals surface area contributed by atoms with Gasteiger partial charge >= 0.3 is 12.2 Å². The van der Waals surface area contributed by atoms with Crippen LogP contribution < -0.4 is 4.74 Å². The van der Waals surface area contributed by atoms with Gasteiger partial charge in [0.05, 0.1) is 15.6 Å². The van der Waals surface area contributed by atoms with Crippen molar-refractivity contribution in [2.45, 2.75) is 25.1 Å². The van der Waals surface area contributed by atoms with Gasteiger partial charge in [0.15, 0.2) is 0 Å². The molecule has 0 N–H and O–H groups in total. The van der Waals surface area contributed by atoms with E-state index < -0.39 is 11.7 Å². The van der Waals surface area contributed by atoms with Crippen molar-refractivity contribution in [3.63, 3.8) is 0 Å². The first-order valence-electron chi connectivity index (χ1n) is 13.1. The summed E-state index contributed by atoms with van der Waals surface area (Å²) in [6.07, 6.45) is -4.78. The van der Waals surface area contributed by atoms with Crippen LogP contribution in [-0.4, -0.2) is 98.2 Å². The average Bonchev–Trinajstić information content (AvgIpc) is 3.34. The summed E-state index contributed by atoms with van der Waals surface area (Å²) in [5.41, 5.74) is 0.219. The molecule has 4 rings (SSSR count). The molecule has 3 atom stereocenters. The second-order valence-electron chi connectivity index (χ2n) is 10.6. The van der Waals surface area contributed by atoms with Crippen LogP contribution in [0.5, 0.6) is 5.75 Å². The number of halogens is 5. The van der Waals surface area contributed by atoms with E-state index in [0.29, 0.717) is 42.0 Å². The summed E-state index contributed by atoms with van der Waals surface area (Å²) in [6.45, 7) is 7.80. The number of benzene rings is 2. The van der Waals surface area contributed by atoms with Gasteiger partial charge in [0.2, 0.25) is 0 Å². The predicted molar refractivity (Wildman–Crippen MR) is 148 cm³/mol. The summed E-state index contributed by atoms with van der Waals surface area (Å²) in [5, 5.41) is 0.881. The first kappa shape index (κ1) is 29.8. The minimum absolute atomic E-state index is 0.00319. The van der Waals surface area contributed by atoms with Gasteiger partial charge in [-0.05, 0) is 63.0 Å². The third-order valence-electron chi connectivity index (χ3n) is 7.62. The largest absolute Gasteiger partial charge is 0.490 e. The highest BCUT2D eigenvalue weighted by Gasteiger charge is 2.42. The molecule has 2 aromatic carbocycles. The zero-order valence-corrected chi connectivity index (χ0v) is 23.9. The molecule has 2 fully saturated rings. The van der Waals surface area contributed by atoms with Crippen molar-refractivity contribution >= 4 is 29.2 Å². The van der Waals surface area contributed by atoms with Crippen molar-refractivity contribution < 1.29 is 22.7 Å². The number of likely N-dealkylation sites (N-methyl/N-ethyl adjacent to an activating group) is 1. The van der Waals surface area contributed by atoms with Crippen LogP contribution in [0.3, 0.4) is 0 Å². The van der Waals surface area contributed by atoms with Crippen LogP contribution in [0.4, 0.5) is 18.0 Å². The average molecular weight is 588 g/mol. The lowest BCUT2D eigenvalue weighted by atomic mass is 9.85. The fourth-order valence-corrected chi connectivity index (χ4v) is 5.59. The van der Waals surface area contributed by atoms with Gasteiger partial charge in [-0.15, -0.1) is 0 Å². The van der Waals surface area contributed by atoms with E-state index >= 15 is 0 Å². The van der Waals surface area contributed by atoms with Gasteiger partial charge in [-0.2, -0.15) is 13.2 Å². The number of rotatable bonds is 7. The Labute approximate surface area is 238 Å². The van der Waals surface area contributed by atoms with Gasteiger partial charge in [0, 0.05) is 64.2 Å². The number of carbonyl (C=O) groups excluding carboxylic acids is 1. The van der Waals surface area contributed by atoms with E-state index in [1.807, 2.05) is 28.9 Å². The molecule has 11 heteroatoms. The molecule has 39 heavy (non-hydrogen) atoms. The maximum absolute atomic E-state index is 13.6. The molecular weight excluding hydrogens is 552 g/mol. The van der Waals surface area contributed by atoms with Crippen molar-refractivity contribution in [2.75, 3.05) is 66.5 Å². The second-order valence-corrected chi connectivity index (χ2v) is 11.4. The van der Waals surface area contributed by atoms with Gasteiger partial charge in [0.1, 0.15) is 11.9 Å². The Morgan fingerprint density at radius 3 is 2.26 bits per heavy atom. The van der Waals surface area contributed by atoms with Crippen molar-refractivity contribution in [3.05, 3.63) is 63.6 Å². The molecule has 2 amide bonds. The highest BCUT2D eigenvalue weighted by atomic mass is 35.5. The van der Waals surface area contributed by atoms with E-state index in [1.54, 1.807) is 6.07 Å². The summed E-state index contributed by atoms with van der Waals surface area (Å²) in [4.78, 5) is 21.8. The molecule has 0 saturated carbocycles. The molecule has 2 aromatic rings. The van der Waals surface area contributed by atoms with Crippen molar-refractivity contribution in [3.8, 4) is 5.75 Å². The van der Waals surface area contributed by atoms with Gasteiger partial charge in [0.25, 0.3) is 0 Å². The summed E-state index contributed by atoms with van der Waals surface area (Å²) in [6, 6.07) is 10.2. The molecule has 0 aromatic heterocycles. The number of hydrogen-bond donors (Lipinski definition) is 0. The first-order chi connectivity index (χ1) is 18.4. The van der Waals surface area contributed by atoms with Gasteiger partial charge in [-0.25, -0.2) is 4.79 Å². The number of nitrogens with zero attached hydrogens (tertiary/aromatic N) is 4. The Morgan fingerprint density at radius 1 is 1.00 bits per heavy atom. The smallest absolute Gasteiger partial charge is 0.416 e. The summed E-state index contributed by atoms with van der Waals surface area (Å²) >= 11 is 12.5. The van der Waals surface area contributed by atoms with Crippen molar-refractivity contribution in [1.82, 2.24) is 19.6 Å². The lowest BCUT2D eigenvalue weighted by molar-refractivity contribution is -0.137. The molecule has 3 unspecified atom stereocenters. The van der Waals surface area contributed by atoms with E-state index in [1.165, 1.54) is 12.1 Å². The first-order valence-corrected chi connectivity index (χ1v) is 13.9. The van der Waals surface area contributed by atoms with Crippen LogP contribution in [0, 0.1) is 5.92 Å². The van der Waals surface area contributed by atoms with Gasteiger partial charge in [-0.1, -0.05) is 29.3 Å². The maximum atomic E-state index is 13.6. The van der Waals surface area contributed by atoms with Crippen LogP contribution in [-0.2, 0) is 6.18 Å². The molecule has 0 spiro atoms. The third-order valence-corrected chi connectivity index (χ3v) is 8.36. The topological polar surface area (TPSA) is 39.3 Å². The highest BCUT2D eigenvalue weighted by Crippen LogP contribution is 2.39. The highest BCUT2D eigenvalue weighted by molar-refractivity contribution is 6.42. The zero-order chi connectivity index (χ0) is 28.3. The van der Waals surface area contributed by atoms with Crippen molar-refractivity contribution in [2.24, 2.45) is 5.92 Å². The van der Waals surface area contributed by atoms with Crippen LogP contribution in [0.25, 0.3) is 0 Å². The Kier molecular flexibility index (Phi) is 9.57. The SMILES string of the molecule is CC(Oc1ccc(C(F)(F)F)cc1)C1CN(C(=O)N2CCN(CCN(C)C)CC2)CC1c1ccc(Cl)c(Cl)c1. The molecule has 2 aliphatic rings.